The highest BCUT2D eigenvalue weighted by atomic mass is 16.3. The first kappa shape index (κ1) is 10.9. The molecule has 0 heterocycles. The Labute approximate surface area is 69.8 Å². The molecule has 67 valence electrons. The predicted octanol–water partition coefficient (Wildman–Crippen LogP) is 2.34. The molecule has 0 aromatic heterocycles. The molecule has 0 aromatic carbocycles. The number of hydrogen-bond acceptors (Lipinski definition) is 1. The van der Waals surface area contributed by atoms with Crippen LogP contribution in [0.4, 0.5) is 0 Å². The Kier molecular flexibility index (Phi) is 7.96. The van der Waals surface area contributed by atoms with Crippen LogP contribution in [0.3, 0.4) is 0 Å². The van der Waals surface area contributed by atoms with E-state index in [2.05, 4.69) is 6.92 Å². The van der Waals surface area contributed by atoms with Crippen LogP contribution in [0.5, 0.6) is 0 Å². The molecule has 0 aliphatic heterocycles. The van der Waals surface area contributed by atoms with Crippen molar-refractivity contribution in [1.29, 1.82) is 0 Å². The smallest absolute Gasteiger partial charge is 0.117 e. The van der Waals surface area contributed by atoms with Gasteiger partial charge in [-0.3, -0.25) is 0 Å². The lowest BCUT2D eigenvalue weighted by Crippen LogP contribution is -2.05. The van der Waals surface area contributed by atoms with Crippen LogP contribution in [-0.2, 0) is 0 Å². The van der Waals surface area contributed by atoms with Crippen LogP contribution in [0.2, 0.25) is 0 Å². The number of aliphatic hydroxyl groups excluding tert-OH is 1. The van der Waals surface area contributed by atoms with E-state index < -0.39 is 6.23 Å². The number of hydrogen-bond donors (Lipinski definition) is 1. The largest absolute Gasteiger partial charge is 0.377 e. The lowest BCUT2D eigenvalue weighted by molar-refractivity contribution is 0.160. The van der Waals surface area contributed by atoms with Crippen molar-refractivity contribution in [3.8, 4) is 0 Å². The van der Waals surface area contributed by atoms with Crippen LogP contribution >= 0.6 is 0 Å². The monoisotopic (exact) mass is 158 g/mol. The van der Waals surface area contributed by atoms with Crippen molar-refractivity contribution in [2.24, 2.45) is 0 Å². The maximum absolute atomic E-state index is 8.62. The SMILES string of the molecule is CCCCCCCCC([NH])O. The van der Waals surface area contributed by atoms with Gasteiger partial charge in [-0.15, -0.1) is 0 Å². The molecule has 11 heavy (non-hydrogen) atoms. The summed E-state index contributed by atoms with van der Waals surface area (Å²) in [5, 5.41) is 8.62. The maximum Gasteiger partial charge on any atom is 0.117 e. The van der Waals surface area contributed by atoms with E-state index >= 15 is 0 Å². The molecular formula is C9H20NO. The third-order valence-corrected chi connectivity index (χ3v) is 1.83. The molecule has 2 N–H and O–H groups in total. The van der Waals surface area contributed by atoms with E-state index in [4.69, 9.17) is 10.8 Å². The Morgan fingerprint density at radius 3 is 2.18 bits per heavy atom. The number of rotatable bonds is 7. The molecule has 0 bridgehead atoms. The fourth-order valence-corrected chi connectivity index (χ4v) is 1.12. The standard InChI is InChI=1S/C9H20NO/c1-2-3-4-5-6-7-8-9(10)11/h9-11H,2-8H2,1H3. The Hall–Kier alpha value is -0.0800. The third-order valence-electron chi connectivity index (χ3n) is 1.83. The molecule has 1 atom stereocenters. The van der Waals surface area contributed by atoms with E-state index in [1.807, 2.05) is 0 Å². The molecule has 2 nitrogen and oxygen atoms in total. The van der Waals surface area contributed by atoms with Gasteiger partial charge in [0, 0.05) is 0 Å². The van der Waals surface area contributed by atoms with E-state index in [9.17, 15) is 0 Å². The summed E-state index contributed by atoms with van der Waals surface area (Å²) in [5.41, 5.74) is 6.85. The van der Waals surface area contributed by atoms with Crippen LogP contribution < -0.4 is 5.73 Å². The van der Waals surface area contributed by atoms with Crippen molar-refractivity contribution in [3.63, 3.8) is 0 Å². The third kappa shape index (κ3) is 9.92. The minimum atomic E-state index is -0.846. The summed E-state index contributed by atoms with van der Waals surface area (Å²) in [4.78, 5) is 0. The molecule has 0 saturated carbocycles. The molecule has 0 saturated heterocycles. The van der Waals surface area contributed by atoms with Crippen LogP contribution in [0.25, 0.3) is 0 Å². The van der Waals surface area contributed by atoms with E-state index in [0.29, 0.717) is 6.42 Å². The van der Waals surface area contributed by atoms with Crippen LogP contribution in [-0.4, -0.2) is 11.3 Å². The van der Waals surface area contributed by atoms with E-state index in [1.54, 1.807) is 0 Å². The van der Waals surface area contributed by atoms with Crippen molar-refractivity contribution in [2.45, 2.75) is 58.1 Å². The molecule has 0 amide bonds. The van der Waals surface area contributed by atoms with Crippen molar-refractivity contribution < 1.29 is 5.11 Å². The molecule has 0 aliphatic carbocycles. The fourth-order valence-electron chi connectivity index (χ4n) is 1.12. The lowest BCUT2D eigenvalue weighted by Gasteiger charge is -2.02. The quantitative estimate of drug-likeness (QED) is 0.568. The zero-order valence-electron chi connectivity index (χ0n) is 7.47. The second-order valence-corrected chi connectivity index (χ2v) is 3.07. The second-order valence-electron chi connectivity index (χ2n) is 3.07. The minimum Gasteiger partial charge on any atom is -0.377 e. The second kappa shape index (κ2) is 8.02. The van der Waals surface area contributed by atoms with Gasteiger partial charge in [-0.05, 0) is 12.8 Å². The maximum atomic E-state index is 8.62. The van der Waals surface area contributed by atoms with Gasteiger partial charge in [0.2, 0.25) is 0 Å². The minimum absolute atomic E-state index is 0.645. The summed E-state index contributed by atoms with van der Waals surface area (Å²) in [6.07, 6.45) is 7.16. The van der Waals surface area contributed by atoms with E-state index in [1.165, 1.54) is 32.1 Å². The normalized spacial score (nSPS) is 13.4. The van der Waals surface area contributed by atoms with Crippen LogP contribution in [0.1, 0.15) is 51.9 Å². The molecule has 0 aliphatic rings. The highest BCUT2D eigenvalue weighted by molar-refractivity contribution is 4.47. The first-order valence-electron chi connectivity index (χ1n) is 4.66. The first-order chi connectivity index (χ1) is 5.27. The predicted molar refractivity (Wildman–Crippen MR) is 47.1 cm³/mol. The number of aliphatic hydroxyl groups is 1. The summed E-state index contributed by atoms with van der Waals surface area (Å²) < 4.78 is 0. The summed E-state index contributed by atoms with van der Waals surface area (Å²) in [6, 6.07) is 0. The molecule has 1 radical (unpaired) electrons. The van der Waals surface area contributed by atoms with Crippen molar-refractivity contribution in [1.82, 2.24) is 5.73 Å². The van der Waals surface area contributed by atoms with Gasteiger partial charge >= 0.3 is 0 Å². The highest BCUT2D eigenvalue weighted by Crippen LogP contribution is 2.07. The lowest BCUT2D eigenvalue weighted by atomic mass is 10.1. The van der Waals surface area contributed by atoms with Gasteiger partial charge < -0.3 is 5.11 Å². The zero-order chi connectivity index (χ0) is 8.53. The van der Waals surface area contributed by atoms with E-state index in [-0.39, 0.29) is 0 Å². The molecule has 1 unspecified atom stereocenters. The molecule has 0 rings (SSSR count). The average molecular weight is 158 g/mol. The Morgan fingerprint density at radius 2 is 1.64 bits per heavy atom. The molecule has 0 spiro atoms. The molecule has 0 aromatic rings. The van der Waals surface area contributed by atoms with E-state index in [0.717, 1.165) is 6.42 Å². The number of unbranched alkanes of at least 4 members (excludes halogenated alkanes) is 5. The van der Waals surface area contributed by atoms with Crippen molar-refractivity contribution >= 4 is 0 Å². The molecule has 0 fully saturated rings. The highest BCUT2D eigenvalue weighted by Gasteiger charge is 1.95. The first-order valence-corrected chi connectivity index (χ1v) is 4.66. The Balaban J connectivity index is 2.80. The number of nitrogens with one attached hydrogen (secondary N) is 1. The molecular weight excluding hydrogens is 138 g/mol. The van der Waals surface area contributed by atoms with Gasteiger partial charge in [-0.2, -0.15) is 0 Å². The van der Waals surface area contributed by atoms with Gasteiger partial charge in [0.05, 0.1) is 0 Å². The summed E-state index contributed by atoms with van der Waals surface area (Å²) in [5.74, 6) is 0. The fraction of sp³-hybridized carbons (Fsp3) is 1.00. The Bertz CT molecular complexity index is 74.0. The van der Waals surface area contributed by atoms with Crippen LogP contribution in [0.15, 0.2) is 0 Å². The van der Waals surface area contributed by atoms with Crippen molar-refractivity contribution in [3.05, 3.63) is 0 Å². The van der Waals surface area contributed by atoms with Gasteiger partial charge in [0.15, 0.2) is 0 Å². The summed E-state index contributed by atoms with van der Waals surface area (Å²) >= 11 is 0. The van der Waals surface area contributed by atoms with Gasteiger partial charge in [0.1, 0.15) is 6.23 Å². The van der Waals surface area contributed by atoms with Gasteiger partial charge in [-0.1, -0.05) is 39.0 Å². The summed E-state index contributed by atoms with van der Waals surface area (Å²) in [6.45, 7) is 2.20. The zero-order valence-corrected chi connectivity index (χ0v) is 7.47. The van der Waals surface area contributed by atoms with Crippen LogP contribution in [0, 0.1) is 0 Å². The average Bonchev–Trinajstić information content (AvgIpc) is 1.96. The van der Waals surface area contributed by atoms with Gasteiger partial charge in [-0.25, -0.2) is 5.73 Å². The molecule has 2 heteroatoms. The van der Waals surface area contributed by atoms with Crippen molar-refractivity contribution in [2.75, 3.05) is 0 Å². The summed E-state index contributed by atoms with van der Waals surface area (Å²) in [7, 11) is 0. The topological polar surface area (TPSA) is 44.0 Å². The van der Waals surface area contributed by atoms with Gasteiger partial charge in [0.25, 0.3) is 0 Å². The Morgan fingerprint density at radius 1 is 1.09 bits per heavy atom.